The molecule has 26 heavy (non-hydrogen) atoms. The number of carbonyl (C=O) groups is 2. The van der Waals surface area contributed by atoms with Crippen LogP contribution in [0.4, 0.5) is 20.2 Å². The Morgan fingerprint density at radius 1 is 0.808 bits per heavy atom. The van der Waals surface area contributed by atoms with E-state index in [-0.39, 0.29) is 23.7 Å². The summed E-state index contributed by atoms with van der Waals surface area (Å²) in [4.78, 5) is 24.9. The first kappa shape index (κ1) is 18.0. The van der Waals surface area contributed by atoms with Gasteiger partial charge in [-0.1, -0.05) is 18.6 Å². The van der Waals surface area contributed by atoms with Gasteiger partial charge in [0.05, 0.1) is 0 Å². The quantitative estimate of drug-likeness (QED) is 0.854. The van der Waals surface area contributed by atoms with E-state index in [1.54, 1.807) is 12.1 Å². The van der Waals surface area contributed by atoms with Gasteiger partial charge in [-0.3, -0.25) is 9.59 Å². The van der Waals surface area contributed by atoms with Crippen LogP contribution in [0.1, 0.15) is 25.7 Å². The van der Waals surface area contributed by atoms with Crippen molar-refractivity contribution < 1.29 is 18.4 Å². The van der Waals surface area contributed by atoms with E-state index in [0.29, 0.717) is 30.6 Å². The molecule has 0 aliphatic heterocycles. The molecule has 2 atom stereocenters. The van der Waals surface area contributed by atoms with Crippen LogP contribution in [0.15, 0.2) is 48.5 Å². The Morgan fingerprint density at radius 2 is 1.27 bits per heavy atom. The average Bonchev–Trinajstić information content (AvgIpc) is 2.62. The predicted octanol–water partition coefficient (Wildman–Crippen LogP) is 4.35. The van der Waals surface area contributed by atoms with Crippen molar-refractivity contribution in [1.29, 1.82) is 0 Å². The maximum atomic E-state index is 13.2. The molecule has 1 saturated carbocycles. The van der Waals surface area contributed by atoms with E-state index in [0.717, 1.165) is 6.42 Å². The molecule has 2 aromatic rings. The highest BCUT2D eigenvalue weighted by Crippen LogP contribution is 2.31. The van der Waals surface area contributed by atoms with Gasteiger partial charge in [-0.25, -0.2) is 8.78 Å². The molecule has 2 N–H and O–H groups in total. The number of anilines is 2. The highest BCUT2D eigenvalue weighted by Gasteiger charge is 2.31. The molecule has 2 amide bonds. The van der Waals surface area contributed by atoms with E-state index < -0.39 is 11.6 Å². The minimum atomic E-state index is -0.418. The van der Waals surface area contributed by atoms with Gasteiger partial charge in [-0.2, -0.15) is 0 Å². The lowest BCUT2D eigenvalue weighted by molar-refractivity contribution is -0.124. The molecule has 4 nitrogen and oxygen atoms in total. The molecule has 2 aromatic carbocycles. The molecule has 1 fully saturated rings. The molecule has 0 bridgehead atoms. The van der Waals surface area contributed by atoms with Crippen LogP contribution in [0.3, 0.4) is 0 Å². The number of benzene rings is 2. The lowest BCUT2D eigenvalue weighted by Gasteiger charge is -2.27. The molecular formula is C20H20F2N2O2. The van der Waals surface area contributed by atoms with E-state index >= 15 is 0 Å². The fourth-order valence-corrected chi connectivity index (χ4v) is 3.29. The summed E-state index contributed by atoms with van der Waals surface area (Å²) >= 11 is 0. The van der Waals surface area contributed by atoms with Gasteiger partial charge in [0.25, 0.3) is 0 Å². The summed E-state index contributed by atoms with van der Waals surface area (Å²) in [5, 5.41) is 5.42. The smallest absolute Gasteiger partial charge is 0.227 e. The maximum absolute atomic E-state index is 13.2. The average molecular weight is 358 g/mol. The summed E-state index contributed by atoms with van der Waals surface area (Å²) in [7, 11) is 0. The molecule has 0 saturated heterocycles. The fraction of sp³-hybridized carbons (Fsp3) is 0.300. The molecule has 2 unspecified atom stereocenters. The summed E-state index contributed by atoms with van der Waals surface area (Å²) in [6, 6.07) is 11.4. The van der Waals surface area contributed by atoms with Gasteiger partial charge in [-0.05, 0) is 55.7 Å². The predicted molar refractivity (Wildman–Crippen MR) is 95.5 cm³/mol. The van der Waals surface area contributed by atoms with Crippen molar-refractivity contribution >= 4 is 23.2 Å². The van der Waals surface area contributed by atoms with Crippen molar-refractivity contribution in [3.8, 4) is 0 Å². The second-order valence-corrected chi connectivity index (χ2v) is 6.56. The molecular weight excluding hydrogens is 338 g/mol. The third kappa shape index (κ3) is 4.65. The van der Waals surface area contributed by atoms with E-state index in [1.807, 2.05) is 0 Å². The third-order valence-electron chi connectivity index (χ3n) is 4.60. The minimum absolute atomic E-state index is 0.209. The normalized spacial score (nSPS) is 19.6. The number of carbonyl (C=O) groups excluding carboxylic acids is 2. The Bertz CT molecular complexity index is 744. The van der Waals surface area contributed by atoms with E-state index in [2.05, 4.69) is 10.6 Å². The van der Waals surface area contributed by atoms with Gasteiger partial charge in [0, 0.05) is 23.2 Å². The zero-order valence-corrected chi connectivity index (χ0v) is 14.2. The van der Waals surface area contributed by atoms with Gasteiger partial charge in [0.2, 0.25) is 11.8 Å². The Hall–Kier alpha value is -2.76. The Morgan fingerprint density at radius 3 is 1.69 bits per heavy atom. The van der Waals surface area contributed by atoms with Gasteiger partial charge < -0.3 is 10.6 Å². The van der Waals surface area contributed by atoms with Crippen LogP contribution in [0.25, 0.3) is 0 Å². The zero-order chi connectivity index (χ0) is 18.5. The van der Waals surface area contributed by atoms with Crippen LogP contribution < -0.4 is 10.6 Å². The molecule has 0 aromatic heterocycles. The standard InChI is InChI=1S/C20H20F2N2O2/c21-15-6-2-8-17(11-15)23-19(25)13-4-1-5-14(10-13)20(26)24-18-9-3-7-16(22)12-18/h2-3,6-9,11-14H,1,4-5,10H2,(H,23,25)(H,24,26). The highest BCUT2D eigenvalue weighted by atomic mass is 19.1. The Balaban J connectivity index is 1.59. The van der Waals surface area contributed by atoms with Gasteiger partial charge >= 0.3 is 0 Å². The van der Waals surface area contributed by atoms with Gasteiger partial charge in [0.1, 0.15) is 11.6 Å². The van der Waals surface area contributed by atoms with Crippen molar-refractivity contribution in [2.24, 2.45) is 11.8 Å². The van der Waals surface area contributed by atoms with Crippen LogP contribution in [0.5, 0.6) is 0 Å². The fourth-order valence-electron chi connectivity index (χ4n) is 3.29. The largest absolute Gasteiger partial charge is 0.326 e. The summed E-state index contributed by atoms with van der Waals surface area (Å²) in [5.41, 5.74) is 0.808. The third-order valence-corrected chi connectivity index (χ3v) is 4.60. The van der Waals surface area contributed by atoms with Gasteiger partial charge in [-0.15, -0.1) is 0 Å². The molecule has 3 rings (SSSR count). The lowest BCUT2D eigenvalue weighted by atomic mass is 9.80. The number of halogens is 2. The van der Waals surface area contributed by atoms with Crippen LogP contribution in [-0.2, 0) is 9.59 Å². The van der Waals surface area contributed by atoms with Crippen molar-refractivity contribution in [2.45, 2.75) is 25.7 Å². The summed E-state index contributed by atoms with van der Waals surface area (Å²) in [6.45, 7) is 0. The topological polar surface area (TPSA) is 58.2 Å². The van der Waals surface area contributed by atoms with E-state index in [1.165, 1.54) is 36.4 Å². The van der Waals surface area contributed by atoms with Crippen LogP contribution in [-0.4, -0.2) is 11.8 Å². The molecule has 1 aliphatic carbocycles. The number of hydrogen-bond donors (Lipinski definition) is 2. The molecule has 136 valence electrons. The number of nitrogens with one attached hydrogen (secondary N) is 2. The first-order valence-corrected chi connectivity index (χ1v) is 8.64. The van der Waals surface area contributed by atoms with E-state index in [9.17, 15) is 18.4 Å². The summed E-state index contributed by atoms with van der Waals surface area (Å²) in [5.74, 6) is -1.87. The van der Waals surface area contributed by atoms with Crippen LogP contribution in [0, 0.1) is 23.5 Å². The lowest BCUT2D eigenvalue weighted by Crippen LogP contribution is -2.33. The van der Waals surface area contributed by atoms with Crippen LogP contribution in [0.2, 0.25) is 0 Å². The molecule has 1 aliphatic rings. The SMILES string of the molecule is O=C(Nc1cccc(F)c1)C1CCCC(C(=O)Nc2cccc(F)c2)C1. The monoisotopic (exact) mass is 358 g/mol. The van der Waals surface area contributed by atoms with E-state index in [4.69, 9.17) is 0 Å². The first-order chi connectivity index (χ1) is 12.5. The summed E-state index contributed by atoms with van der Waals surface area (Å²) in [6.07, 6.45) is 2.54. The van der Waals surface area contributed by atoms with Crippen molar-refractivity contribution in [3.63, 3.8) is 0 Å². The first-order valence-electron chi connectivity index (χ1n) is 8.64. The maximum Gasteiger partial charge on any atom is 0.227 e. The number of amides is 2. The number of hydrogen-bond acceptors (Lipinski definition) is 2. The Labute approximate surface area is 150 Å². The molecule has 0 radical (unpaired) electrons. The second kappa shape index (κ2) is 8.08. The summed E-state index contributed by atoms with van der Waals surface area (Å²) < 4.78 is 26.5. The zero-order valence-electron chi connectivity index (χ0n) is 14.2. The Kier molecular flexibility index (Phi) is 5.61. The molecule has 0 heterocycles. The van der Waals surface area contributed by atoms with Crippen LogP contribution >= 0.6 is 0 Å². The second-order valence-electron chi connectivity index (χ2n) is 6.56. The minimum Gasteiger partial charge on any atom is -0.326 e. The number of rotatable bonds is 4. The molecule has 6 heteroatoms. The van der Waals surface area contributed by atoms with Gasteiger partial charge in [0.15, 0.2) is 0 Å². The van der Waals surface area contributed by atoms with Crippen molar-refractivity contribution in [2.75, 3.05) is 10.6 Å². The van der Waals surface area contributed by atoms with Crippen molar-refractivity contribution in [3.05, 3.63) is 60.2 Å². The van der Waals surface area contributed by atoms with Crippen molar-refractivity contribution in [1.82, 2.24) is 0 Å². The molecule has 0 spiro atoms. The highest BCUT2D eigenvalue weighted by molar-refractivity contribution is 5.95.